The smallest absolute Gasteiger partial charge is 0.0774 e. The lowest BCUT2D eigenvalue weighted by Gasteiger charge is -2.25. The van der Waals surface area contributed by atoms with Crippen LogP contribution in [0.3, 0.4) is 0 Å². The quantitative estimate of drug-likeness (QED) is 0.538. The van der Waals surface area contributed by atoms with E-state index in [4.69, 9.17) is 0 Å². The van der Waals surface area contributed by atoms with Crippen LogP contribution in [0.4, 0.5) is 0 Å². The van der Waals surface area contributed by atoms with Crippen molar-refractivity contribution in [1.29, 1.82) is 5.26 Å². The molecular weight excluding hydrogens is 348 g/mol. The van der Waals surface area contributed by atoms with Gasteiger partial charge in [0, 0.05) is 17.7 Å². The van der Waals surface area contributed by atoms with Crippen molar-refractivity contribution in [3.63, 3.8) is 0 Å². The van der Waals surface area contributed by atoms with Crippen LogP contribution in [0.15, 0.2) is 61.2 Å². The van der Waals surface area contributed by atoms with E-state index in [2.05, 4.69) is 45.7 Å². The second-order valence-electron chi connectivity index (χ2n) is 7.39. The summed E-state index contributed by atoms with van der Waals surface area (Å²) in [6.45, 7) is 0. The largest absolute Gasteiger partial charge is 0.240 e. The van der Waals surface area contributed by atoms with Crippen LogP contribution in [-0.4, -0.2) is 24.6 Å². The van der Waals surface area contributed by atoms with Gasteiger partial charge in [0.2, 0.25) is 0 Å². The second kappa shape index (κ2) is 6.93. The maximum Gasteiger partial charge on any atom is 0.0774 e. The van der Waals surface area contributed by atoms with E-state index in [9.17, 15) is 5.26 Å². The van der Waals surface area contributed by atoms with Crippen LogP contribution in [0.2, 0.25) is 0 Å². The van der Waals surface area contributed by atoms with Gasteiger partial charge in [0.15, 0.2) is 0 Å². The van der Waals surface area contributed by atoms with Crippen molar-refractivity contribution in [2.24, 2.45) is 5.92 Å². The molecule has 1 aliphatic rings. The van der Waals surface area contributed by atoms with E-state index in [-0.39, 0.29) is 5.92 Å². The Kier molecular flexibility index (Phi) is 4.13. The number of pyridine rings is 1. The minimum Gasteiger partial charge on any atom is -0.240 e. The third-order valence-electron chi connectivity index (χ3n) is 5.79. The monoisotopic (exact) mass is 368 g/mol. The molecule has 6 nitrogen and oxygen atoms in total. The van der Waals surface area contributed by atoms with Gasteiger partial charge in [-0.1, -0.05) is 23.4 Å². The zero-order valence-electron chi connectivity index (χ0n) is 15.4. The molecule has 0 N–H and O–H groups in total. The molecule has 0 spiro atoms. The summed E-state index contributed by atoms with van der Waals surface area (Å²) in [5.41, 5.74) is 5.77. The predicted octanol–water partition coefficient (Wildman–Crippen LogP) is 4.38. The maximum absolute atomic E-state index is 9.20. The molecule has 0 atom stereocenters. The SMILES string of the molecule is N#CC1CCC(c2cccn3ncc(-c4ccc(-n5ccnn5)cc4)c23)CC1. The second-order valence-corrected chi connectivity index (χ2v) is 7.39. The van der Waals surface area contributed by atoms with Crippen LogP contribution in [0.1, 0.15) is 37.2 Å². The number of rotatable bonds is 3. The predicted molar refractivity (Wildman–Crippen MR) is 106 cm³/mol. The molecule has 3 heterocycles. The van der Waals surface area contributed by atoms with Crippen LogP contribution in [0, 0.1) is 17.2 Å². The highest BCUT2D eigenvalue weighted by Gasteiger charge is 2.25. The number of benzene rings is 1. The van der Waals surface area contributed by atoms with Crippen molar-refractivity contribution in [2.45, 2.75) is 31.6 Å². The van der Waals surface area contributed by atoms with Gasteiger partial charge >= 0.3 is 0 Å². The molecule has 3 aromatic heterocycles. The van der Waals surface area contributed by atoms with Crippen molar-refractivity contribution < 1.29 is 0 Å². The van der Waals surface area contributed by atoms with Crippen LogP contribution in [0.25, 0.3) is 22.3 Å². The summed E-state index contributed by atoms with van der Waals surface area (Å²) in [5.74, 6) is 0.697. The Bertz CT molecular complexity index is 1130. The van der Waals surface area contributed by atoms with Crippen molar-refractivity contribution in [3.8, 4) is 22.9 Å². The molecule has 5 rings (SSSR count). The van der Waals surface area contributed by atoms with Crippen LogP contribution >= 0.6 is 0 Å². The molecule has 1 saturated carbocycles. The number of nitriles is 1. The molecule has 1 aromatic carbocycles. The number of nitrogens with zero attached hydrogens (tertiary/aromatic N) is 6. The molecule has 4 aromatic rings. The molecule has 28 heavy (non-hydrogen) atoms. The Hall–Kier alpha value is -3.46. The Morgan fingerprint density at radius 3 is 2.54 bits per heavy atom. The standard InChI is InChI=1S/C22H20N6/c23-14-16-3-5-17(6-4-16)20-2-1-12-28-22(20)21(15-25-28)18-7-9-19(10-8-18)27-13-11-24-26-27/h1-2,7-13,15-17H,3-6H2. The lowest BCUT2D eigenvalue weighted by atomic mass is 9.78. The van der Waals surface area contributed by atoms with Crippen molar-refractivity contribution >= 4 is 5.52 Å². The van der Waals surface area contributed by atoms with Gasteiger partial charge in [-0.05, 0) is 60.9 Å². The van der Waals surface area contributed by atoms with Gasteiger partial charge < -0.3 is 0 Å². The highest BCUT2D eigenvalue weighted by Crippen LogP contribution is 2.39. The number of fused-ring (bicyclic) bond motifs is 1. The topological polar surface area (TPSA) is 71.8 Å². The Labute approximate surface area is 163 Å². The summed E-state index contributed by atoms with van der Waals surface area (Å²) in [7, 11) is 0. The summed E-state index contributed by atoms with van der Waals surface area (Å²) >= 11 is 0. The molecule has 0 saturated heterocycles. The summed E-state index contributed by atoms with van der Waals surface area (Å²) in [6.07, 6.45) is 11.6. The van der Waals surface area contributed by atoms with E-state index in [0.717, 1.165) is 42.5 Å². The molecule has 0 radical (unpaired) electrons. The molecular formula is C22H20N6. The highest BCUT2D eigenvalue weighted by molar-refractivity contribution is 5.83. The summed E-state index contributed by atoms with van der Waals surface area (Å²) in [4.78, 5) is 0. The highest BCUT2D eigenvalue weighted by atomic mass is 15.4. The Balaban J connectivity index is 1.53. The summed E-state index contributed by atoms with van der Waals surface area (Å²) in [5, 5.41) is 21.7. The Morgan fingerprint density at radius 1 is 1.00 bits per heavy atom. The molecule has 6 heteroatoms. The number of hydrogen-bond acceptors (Lipinski definition) is 4. The summed E-state index contributed by atoms with van der Waals surface area (Å²) in [6, 6.07) is 15.0. The van der Waals surface area contributed by atoms with Crippen LogP contribution in [-0.2, 0) is 0 Å². The van der Waals surface area contributed by atoms with E-state index in [1.165, 1.54) is 11.1 Å². The van der Waals surface area contributed by atoms with E-state index in [1.54, 1.807) is 10.9 Å². The first-order valence-electron chi connectivity index (χ1n) is 9.66. The van der Waals surface area contributed by atoms with Gasteiger partial charge in [-0.25, -0.2) is 9.20 Å². The average molecular weight is 368 g/mol. The Morgan fingerprint density at radius 2 is 1.82 bits per heavy atom. The minimum absolute atomic E-state index is 0.213. The van der Waals surface area contributed by atoms with Crippen molar-refractivity contribution in [1.82, 2.24) is 24.6 Å². The molecule has 0 bridgehead atoms. The molecule has 0 aliphatic heterocycles. The van der Waals surface area contributed by atoms with E-state index >= 15 is 0 Å². The number of aromatic nitrogens is 5. The van der Waals surface area contributed by atoms with E-state index < -0.39 is 0 Å². The fourth-order valence-corrected chi connectivity index (χ4v) is 4.28. The van der Waals surface area contributed by atoms with Crippen molar-refractivity contribution in [3.05, 3.63) is 66.7 Å². The molecule has 0 unspecified atom stereocenters. The third-order valence-corrected chi connectivity index (χ3v) is 5.79. The van der Waals surface area contributed by atoms with Gasteiger partial charge in [0.1, 0.15) is 0 Å². The van der Waals surface area contributed by atoms with Crippen molar-refractivity contribution in [2.75, 3.05) is 0 Å². The van der Waals surface area contributed by atoms with E-state index in [0.29, 0.717) is 5.92 Å². The molecule has 0 amide bonds. The summed E-state index contributed by atoms with van der Waals surface area (Å²) < 4.78 is 3.73. The normalized spacial score (nSPS) is 19.5. The first kappa shape index (κ1) is 16.7. The lowest BCUT2D eigenvalue weighted by molar-refractivity contribution is 0.383. The van der Waals surface area contributed by atoms with Gasteiger partial charge in [-0.2, -0.15) is 10.4 Å². The zero-order valence-corrected chi connectivity index (χ0v) is 15.4. The first-order chi connectivity index (χ1) is 13.8. The average Bonchev–Trinajstić information content (AvgIpc) is 3.44. The molecule has 1 fully saturated rings. The fourth-order valence-electron chi connectivity index (χ4n) is 4.28. The molecule has 138 valence electrons. The van der Waals surface area contributed by atoms with E-state index in [1.807, 2.05) is 35.2 Å². The molecule has 1 aliphatic carbocycles. The minimum atomic E-state index is 0.213. The van der Waals surface area contributed by atoms with Crippen LogP contribution in [0.5, 0.6) is 0 Å². The van der Waals surface area contributed by atoms with Gasteiger partial charge in [-0.3, -0.25) is 0 Å². The zero-order chi connectivity index (χ0) is 18.9. The van der Waals surface area contributed by atoms with Gasteiger partial charge in [0.25, 0.3) is 0 Å². The van der Waals surface area contributed by atoms with Gasteiger partial charge in [-0.15, -0.1) is 5.10 Å². The first-order valence-corrected chi connectivity index (χ1v) is 9.66. The van der Waals surface area contributed by atoms with Crippen LogP contribution < -0.4 is 0 Å². The lowest BCUT2D eigenvalue weighted by Crippen LogP contribution is -2.12. The number of hydrogen-bond donors (Lipinski definition) is 0. The maximum atomic E-state index is 9.20. The van der Waals surface area contributed by atoms with Gasteiger partial charge in [0.05, 0.1) is 35.9 Å². The third kappa shape index (κ3) is 2.85. The fraction of sp³-hybridized carbons (Fsp3) is 0.273.